The van der Waals surface area contributed by atoms with Crippen molar-refractivity contribution in [1.82, 2.24) is 5.32 Å². The van der Waals surface area contributed by atoms with E-state index in [9.17, 15) is 9.90 Å². The Morgan fingerprint density at radius 1 is 1.35 bits per heavy atom. The SMILES string of the molecule is C[C@@H](C(=O)N[C@H](CO)c1ccccc1)C1CCOCC1. The summed E-state index contributed by atoms with van der Waals surface area (Å²) in [5, 5.41) is 12.4. The first-order chi connectivity index (χ1) is 9.72. The monoisotopic (exact) mass is 277 g/mol. The van der Waals surface area contributed by atoms with Crippen molar-refractivity contribution in [2.24, 2.45) is 11.8 Å². The molecule has 2 rings (SSSR count). The fourth-order valence-electron chi connectivity index (χ4n) is 2.65. The summed E-state index contributed by atoms with van der Waals surface area (Å²) in [6.07, 6.45) is 1.87. The van der Waals surface area contributed by atoms with Gasteiger partial charge in [0.2, 0.25) is 5.91 Å². The largest absolute Gasteiger partial charge is 0.394 e. The highest BCUT2D eigenvalue weighted by Gasteiger charge is 2.27. The van der Waals surface area contributed by atoms with Crippen LogP contribution < -0.4 is 5.32 Å². The molecule has 0 aliphatic carbocycles. The normalized spacial score (nSPS) is 19.3. The van der Waals surface area contributed by atoms with Crippen molar-refractivity contribution in [1.29, 1.82) is 0 Å². The lowest BCUT2D eigenvalue weighted by Crippen LogP contribution is -2.38. The molecule has 1 aromatic carbocycles. The first kappa shape index (κ1) is 15.0. The van der Waals surface area contributed by atoms with Crippen molar-refractivity contribution in [2.75, 3.05) is 19.8 Å². The van der Waals surface area contributed by atoms with Gasteiger partial charge in [-0.25, -0.2) is 0 Å². The molecule has 1 saturated heterocycles. The molecular formula is C16H23NO3. The van der Waals surface area contributed by atoms with E-state index in [1.807, 2.05) is 37.3 Å². The maximum absolute atomic E-state index is 12.3. The van der Waals surface area contributed by atoms with Gasteiger partial charge in [-0.1, -0.05) is 37.3 Å². The number of aliphatic hydroxyl groups is 1. The predicted molar refractivity (Wildman–Crippen MR) is 77.1 cm³/mol. The maximum Gasteiger partial charge on any atom is 0.223 e. The highest BCUT2D eigenvalue weighted by Crippen LogP contribution is 2.24. The number of ether oxygens (including phenoxy) is 1. The molecule has 0 unspecified atom stereocenters. The molecule has 1 heterocycles. The highest BCUT2D eigenvalue weighted by molar-refractivity contribution is 5.79. The first-order valence-electron chi connectivity index (χ1n) is 7.26. The van der Waals surface area contributed by atoms with Crippen molar-refractivity contribution >= 4 is 5.91 Å². The molecule has 4 heteroatoms. The van der Waals surface area contributed by atoms with Crippen LogP contribution >= 0.6 is 0 Å². The van der Waals surface area contributed by atoms with E-state index in [1.54, 1.807) is 0 Å². The summed E-state index contributed by atoms with van der Waals surface area (Å²) in [4.78, 5) is 12.3. The Morgan fingerprint density at radius 3 is 2.60 bits per heavy atom. The zero-order chi connectivity index (χ0) is 14.4. The minimum Gasteiger partial charge on any atom is -0.394 e. The van der Waals surface area contributed by atoms with Crippen LogP contribution in [0.4, 0.5) is 0 Å². The molecular weight excluding hydrogens is 254 g/mol. The topological polar surface area (TPSA) is 58.6 Å². The summed E-state index contributed by atoms with van der Waals surface area (Å²) in [5.74, 6) is 0.343. The van der Waals surface area contributed by atoms with Crippen LogP contribution in [-0.4, -0.2) is 30.8 Å². The highest BCUT2D eigenvalue weighted by atomic mass is 16.5. The van der Waals surface area contributed by atoms with E-state index < -0.39 is 0 Å². The van der Waals surface area contributed by atoms with Crippen LogP contribution in [0.25, 0.3) is 0 Å². The van der Waals surface area contributed by atoms with Crippen LogP contribution in [0.2, 0.25) is 0 Å². The quantitative estimate of drug-likeness (QED) is 0.864. The second-order valence-corrected chi connectivity index (χ2v) is 5.39. The third-order valence-electron chi connectivity index (χ3n) is 4.09. The number of hydrogen-bond donors (Lipinski definition) is 2. The average Bonchev–Trinajstić information content (AvgIpc) is 2.53. The van der Waals surface area contributed by atoms with Crippen molar-refractivity contribution in [2.45, 2.75) is 25.8 Å². The minimum atomic E-state index is -0.328. The second-order valence-electron chi connectivity index (χ2n) is 5.39. The molecule has 0 radical (unpaired) electrons. The van der Waals surface area contributed by atoms with Crippen LogP contribution in [0, 0.1) is 11.8 Å². The minimum absolute atomic E-state index is 0.0137. The molecule has 0 aromatic heterocycles. The standard InChI is InChI=1S/C16H23NO3/c1-12(13-7-9-20-10-8-13)16(19)17-15(11-18)14-5-3-2-4-6-14/h2-6,12-13,15,18H,7-11H2,1H3,(H,17,19)/t12-,15-/m1/s1. The molecule has 1 aliphatic heterocycles. The Hall–Kier alpha value is -1.39. The van der Waals surface area contributed by atoms with E-state index >= 15 is 0 Å². The summed E-state index contributed by atoms with van der Waals surface area (Å²) < 4.78 is 5.33. The number of carbonyl (C=O) groups is 1. The Morgan fingerprint density at radius 2 is 2.00 bits per heavy atom. The van der Waals surface area contributed by atoms with E-state index in [-0.39, 0.29) is 24.5 Å². The van der Waals surface area contributed by atoms with Gasteiger partial charge in [0.25, 0.3) is 0 Å². The lowest BCUT2D eigenvalue weighted by molar-refractivity contribution is -0.128. The van der Waals surface area contributed by atoms with Gasteiger partial charge < -0.3 is 15.2 Å². The Balaban J connectivity index is 1.94. The van der Waals surface area contributed by atoms with Gasteiger partial charge in [0.15, 0.2) is 0 Å². The average molecular weight is 277 g/mol. The molecule has 0 bridgehead atoms. The van der Waals surface area contributed by atoms with Gasteiger partial charge in [-0.3, -0.25) is 4.79 Å². The van der Waals surface area contributed by atoms with Gasteiger partial charge in [-0.2, -0.15) is 0 Å². The zero-order valence-corrected chi connectivity index (χ0v) is 11.9. The number of hydrogen-bond acceptors (Lipinski definition) is 3. The van der Waals surface area contributed by atoms with Gasteiger partial charge in [0, 0.05) is 19.1 Å². The van der Waals surface area contributed by atoms with Crippen molar-refractivity contribution in [3.8, 4) is 0 Å². The van der Waals surface area contributed by atoms with E-state index in [1.165, 1.54) is 0 Å². The molecule has 110 valence electrons. The third kappa shape index (κ3) is 3.81. The number of rotatable bonds is 5. The van der Waals surface area contributed by atoms with Crippen molar-refractivity contribution in [3.63, 3.8) is 0 Å². The first-order valence-corrected chi connectivity index (χ1v) is 7.26. The fourth-order valence-corrected chi connectivity index (χ4v) is 2.65. The van der Waals surface area contributed by atoms with Crippen LogP contribution in [0.5, 0.6) is 0 Å². The Labute approximate surface area is 120 Å². The van der Waals surface area contributed by atoms with Crippen LogP contribution in [0.15, 0.2) is 30.3 Å². The lowest BCUT2D eigenvalue weighted by atomic mass is 9.86. The number of aliphatic hydroxyl groups excluding tert-OH is 1. The molecule has 1 aromatic rings. The van der Waals surface area contributed by atoms with Gasteiger partial charge in [0.05, 0.1) is 12.6 Å². The molecule has 0 spiro atoms. The molecule has 20 heavy (non-hydrogen) atoms. The van der Waals surface area contributed by atoms with E-state index in [0.717, 1.165) is 31.6 Å². The van der Waals surface area contributed by atoms with E-state index in [0.29, 0.717) is 5.92 Å². The van der Waals surface area contributed by atoms with E-state index in [4.69, 9.17) is 4.74 Å². The third-order valence-corrected chi connectivity index (χ3v) is 4.09. The fraction of sp³-hybridized carbons (Fsp3) is 0.562. The van der Waals surface area contributed by atoms with Gasteiger partial charge in [-0.15, -0.1) is 0 Å². The summed E-state index contributed by atoms with van der Waals surface area (Å²) in [5.41, 5.74) is 0.933. The number of carbonyl (C=O) groups excluding carboxylic acids is 1. The van der Waals surface area contributed by atoms with Crippen molar-refractivity contribution in [3.05, 3.63) is 35.9 Å². The Bertz CT molecular complexity index is 415. The van der Waals surface area contributed by atoms with E-state index in [2.05, 4.69) is 5.32 Å². The molecule has 1 aliphatic rings. The van der Waals surface area contributed by atoms with Gasteiger partial charge >= 0.3 is 0 Å². The molecule has 2 atom stereocenters. The van der Waals surface area contributed by atoms with Crippen LogP contribution in [0.1, 0.15) is 31.4 Å². The summed E-state index contributed by atoms with van der Waals surface area (Å²) in [7, 11) is 0. The molecule has 0 saturated carbocycles. The van der Waals surface area contributed by atoms with Crippen LogP contribution in [-0.2, 0) is 9.53 Å². The smallest absolute Gasteiger partial charge is 0.223 e. The summed E-state index contributed by atoms with van der Waals surface area (Å²) >= 11 is 0. The predicted octanol–water partition coefficient (Wildman–Crippen LogP) is 1.90. The molecule has 1 amide bonds. The van der Waals surface area contributed by atoms with Crippen molar-refractivity contribution < 1.29 is 14.6 Å². The summed E-state index contributed by atoms with van der Waals surface area (Å²) in [6, 6.07) is 9.24. The molecule has 1 fully saturated rings. The van der Waals surface area contributed by atoms with Crippen LogP contribution in [0.3, 0.4) is 0 Å². The van der Waals surface area contributed by atoms with Gasteiger partial charge in [0.1, 0.15) is 0 Å². The number of amides is 1. The number of nitrogens with one attached hydrogen (secondary N) is 1. The zero-order valence-electron chi connectivity index (χ0n) is 11.9. The second kappa shape index (κ2) is 7.41. The number of benzene rings is 1. The summed E-state index contributed by atoms with van der Waals surface area (Å²) in [6.45, 7) is 3.36. The maximum atomic E-state index is 12.3. The molecule has 4 nitrogen and oxygen atoms in total. The van der Waals surface area contributed by atoms with Gasteiger partial charge in [-0.05, 0) is 24.3 Å². The molecule has 2 N–H and O–H groups in total. The Kier molecular flexibility index (Phi) is 5.56. The lowest BCUT2D eigenvalue weighted by Gasteiger charge is -2.28.